The molecule has 0 radical (unpaired) electrons. The van der Waals surface area contributed by atoms with Crippen LogP contribution in [-0.4, -0.2) is 37.0 Å². The standard InChI is InChI=1S/C14H10I2.2CHF3O3S/c1-3-7-13(8-4-1)15-11-12-16-14-9-5-2-6-10-14;2*2-1(3,4)8(5,6)7/h1-10H;2*(H,5,6,7)/q+2;;/p-2. The third-order valence-corrected chi connectivity index (χ3v) is 8.31. The Labute approximate surface area is 200 Å². The van der Waals surface area contributed by atoms with E-state index >= 15 is 0 Å². The van der Waals surface area contributed by atoms with Gasteiger partial charge in [-0.2, -0.15) is 26.3 Å². The summed E-state index contributed by atoms with van der Waals surface area (Å²) in [6.07, 6.45) is 0. The fraction of sp³-hybridized carbons (Fsp3) is 0.125. The summed E-state index contributed by atoms with van der Waals surface area (Å²) < 4.78 is 127. The summed E-state index contributed by atoms with van der Waals surface area (Å²) in [6.45, 7) is 0. The topological polar surface area (TPSA) is 114 Å². The van der Waals surface area contributed by atoms with Gasteiger partial charge in [-0.1, -0.05) is 36.4 Å². The first-order valence-corrected chi connectivity index (χ1v) is 14.5. The van der Waals surface area contributed by atoms with Gasteiger partial charge in [-0.3, -0.25) is 0 Å². The summed E-state index contributed by atoms with van der Waals surface area (Å²) in [5.41, 5.74) is -11.3. The lowest BCUT2D eigenvalue weighted by molar-refractivity contribution is -0.561. The molecular weight excluding hydrogens is 720 g/mol. The second kappa shape index (κ2) is 13.5. The molecule has 0 unspecified atom stereocenters. The number of alkyl halides is 6. The molecule has 0 aliphatic carbocycles. The molecule has 0 amide bonds. The summed E-state index contributed by atoms with van der Waals surface area (Å²) in [6, 6.07) is 21.1. The van der Waals surface area contributed by atoms with Gasteiger partial charge in [-0.25, -0.2) is 16.8 Å². The molecule has 2 aromatic rings. The van der Waals surface area contributed by atoms with Crippen LogP contribution in [0.15, 0.2) is 60.7 Å². The predicted octanol–water partition coefficient (Wildman–Crippen LogP) is -3.07. The van der Waals surface area contributed by atoms with Crippen molar-refractivity contribution in [2.75, 3.05) is 0 Å². The largest absolute Gasteiger partial charge is 0.741 e. The number of halogens is 8. The van der Waals surface area contributed by atoms with Crippen LogP contribution in [0.2, 0.25) is 0 Å². The Morgan fingerprint density at radius 3 is 1.00 bits per heavy atom. The Morgan fingerprint density at radius 2 is 0.812 bits per heavy atom. The molecule has 0 saturated carbocycles. The molecule has 0 atom stereocenters. The van der Waals surface area contributed by atoms with Gasteiger partial charge in [0.15, 0.2) is 20.2 Å². The Hall–Kier alpha value is -1.14. The maximum atomic E-state index is 10.7. The van der Waals surface area contributed by atoms with Crippen LogP contribution in [0.25, 0.3) is 0 Å². The van der Waals surface area contributed by atoms with E-state index in [9.17, 15) is 26.3 Å². The van der Waals surface area contributed by atoms with Gasteiger partial charge in [0.05, 0.1) is 0 Å². The molecule has 0 saturated heterocycles. The van der Waals surface area contributed by atoms with Gasteiger partial charge >= 0.3 is 53.4 Å². The van der Waals surface area contributed by atoms with Gasteiger partial charge in [0.25, 0.3) is 0 Å². The van der Waals surface area contributed by atoms with Crippen molar-refractivity contribution in [2.45, 2.75) is 11.0 Å². The molecule has 16 heteroatoms. The third kappa shape index (κ3) is 14.1. The highest BCUT2D eigenvalue weighted by atomic mass is 127. The van der Waals surface area contributed by atoms with Crippen LogP contribution < -0.4 is 42.4 Å². The van der Waals surface area contributed by atoms with Crippen LogP contribution in [0.3, 0.4) is 0 Å². The van der Waals surface area contributed by atoms with Gasteiger partial charge < -0.3 is 9.11 Å². The van der Waals surface area contributed by atoms with Gasteiger partial charge in [0.1, 0.15) is 0 Å². The van der Waals surface area contributed by atoms with E-state index in [0.717, 1.165) is 0 Å². The molecule has 0 aliphatic rings. The minimum Gasteiger partial charge on any atom is -0.741 e. The van der Waals surface area contributed by atoms with E-state index in [1.165, 1.54) is 7.14 Å². The lowest BCUT2D eigenvalue weighted by Gasteiger charge is -2.08. The molecule has 6 nitrogen and oxygen atoms in total. The molecule has 0 aromatic heterocycles. The molecule has 178 valence electrons. The molecule has 0 spiro atoms. The zero-order valence-electron chi connectivity index (χ0n) is 15.1. The van der Waals surface area contributed by atoms with Crippen molar-refractivity contribution >= 4 is 20.2 Å². The van der Waals surface area contributed by atoms with E-state index in [4.69, 9.17) is 25.9 Å². The van der Waals surface area contributed by atoms with Crippen molar-refractivity contribution in [3.63, 3.8) is 0 Å². The van der Waals surface area contributed by atoms with E-state index in [-0.39, 0.29) is 42.4 Å². The SMILES string of the molecule is C(#C[I+]c1ccccc1)[I+]c1ccccc1.O=S(=O)([O-])C(F)(F)F.O=S(=O)([O-])C(F)(F)F. The van der Waals surface area contributed by atoms with E-state index < -0.39 is 31.3 Å². The number of benzene rings is 2. The molecule has 0 N–H and O–H groups in total. The van der Waals surface area contributed by atoms with Gasteiger partial charge in [-0.15, -0.1) is 0 Å². The highest BCUT2D eigenvalue weighted by Gasteiger charge is 2.37. The zero-order chi connectivity index (χ0) is 25.1. The minimum absolute atomic E-state index is 0.105. The van der Waals surface area contributed by atoms with Crippen molar-refractivity contribution in [2.24, 2.45) is 0 Å². The van der Waals surface area contributed by atoms with E-state index in [1.807, 2.05) is 0 Å². The lowest BCUT2D eigenvalue weighted by Crippen LogP contribution is -3.63. The van der Waals surface area contributed by atoms with E-state index in [0.29, 0.717) is 0 Å². The van der Waals surface area contributed by atoms with Crippen LogP contribution in [0, 0.1) is 15.0 Å². The smallest absolute Gasteiger partial charge is 0.485 e. The minimum atomic E-state index is -6.09. The van der Waals surface area contributed by atoms with Crippen LogP contribution in [0.1, 0.15) is 0 Å². The Morgan fingerprint density at radius 1 is 0.594 bits per heavy atom. The molecule has 0 bridgehead atoms. The van der Waals surface area contributed by atoms with Crippen molar-refractivity contribution in [1.82, 2.24) is 0 Å². The highest BCUT2D eigenvalue weighted by molar-refractivity contribution is 7.86. The Bertz CT molecular complexity index is 1010. The average molecular weight is 730 g/mol. The average Bonchev–Trinajstić information content (AvgIpc) is 2.65. The Kier molecular flexibility index (Phi) is 13.1. The first-order chi connectivity index (χ1) is 14.4. The second-order valence-corrected chi connectivity index (χ2v) is 12.2. The predicted molar refractivity (Wildman–Crippen MR) is 89.6 cm³/mol. The first kappa shape index (κ1) is 30.9. The number of rotatable bonds is 2. The maximum absolute atomic E-state index is 10.7. The van der Waals surface area contributed by atoms with E-state index in [2.05, 4.69) is 68.5 Å². The van der Waals surface area contributed by atoms with Gasteiger partial charge in [-0.05, 0) is 24.3 Å². The van der Waals surface area contributed by atoms with Crippen molar-refractivity contribution in [3.8, 4) is 7.85 Å². The lowest BCUT2D eigenvalue weighted by atomic mass is 10.4. The molecule has 0 heterocycles. The summed E-state index contributed by atoms with van der Waals surface area (Å²) >= 11 is -0.210. The van der Waals surface area contributed by atoms with Crippen molar-refractivity contribution < 1.29 is 94.7 Å². The van der Waals surface area contributed by atoms with Crippen LogP contribution in [-0.2, 0) is 20.2 Å². The summed E-state index contributed by atoms with van der Waals surface area (Å²) in [4.78, 5) is 0. The molecule has 0 aliphatic heterocycles. The highest BCUT2D eigenvalue weighted by Crippen LogP contribution is 2.21. The second-order valence-electron chi connectivity index (χ2n) is 4.77. The van der Waals surface area contributed by atoms with Gasteiger partial charge in [0, 0.05) is 0 Å². The zero-order valence-corrected chi connectivity index (χ0v) is 21.0. The van der Waals surface area contributed by atoms with Crippen LogP contribution in [0.4, 0.5) is 26.3 Å². The summed E-state index contributed by atoms with van der Waals surface area (Å²) in [5.74, 6) is 0. The van der Waals surface area contributed by atoms with Crippen LogP contribution in [0.5, 0.6) is 0 Å². The normalized spacial score (nSPS) is 11.6. The number of hydrogen-bond acceptors (Lipinski definition) is 6. The monoisotopic (exact) mass is 730 g/mol. The molecule has 32 heavy (non-hydrogen) atoms. The van der Waals surface area contributed by atoms with Crippen molar-refractivity contribution in [1.29, 1.82) is 0 Å². The van der Waals surface area contributed by atoms with Gasteiger partial charge in [0.2, 0.25) is 15.0 Å². The fourth-order valence-corrected chi connectivity index (χ4v) is 4.84. The molecule has 2 rings (SSSR count). The van der Waals surface area contributed by atoms with E-state index in [1.54, 1.807) is 0 Å². The first-order valence-electron chi connectivity index (χ1n) is 7.37. The molecule has 2 aromatic carbocycles. The van der Waals surface area contributed by atoms with Crippen LogP contribution >= 0.6 is 0 Å². The summed E-state index contributed by atoms with van der Waals surface area (Å²) in [7, 11) is -12.2. The summed E-state index contributed by atoms with van der Waals surface area (Å²) in [5, 5.41) is 0. The molecular formula is C16H10F6I2O6S2. The Balaban J connectivity index is 0.000000510. The molecule has 0 fully saturated rings. The quantitative estimate of drug-likeness (QED) is 0.107. The maximum Gasteiger partial charge on any atom is 0.485 e. The van der Waals surface area contributed by atoms with Crippen molar-refractivity contribution in [3.05, 3.63) is 67.8 Å². The number of hydrogen-bond donors (Lipinski definition) is 0. The third-order valence-electron chi connectivity index (χ3n) is 2.38. The fourth-order valence-electron chi connectivity index (χ4n) is 1.10.